The van der Waals surface area contributed by atoms with Gasteiger partial charge in [-0.3, -0.25) is 0 Å². The molecule has 4 rings (SSSR count). The standard InChI is InChI=1S/C13H16FNO/c1-13-6-8(7-13)11(15-13)12(16)9-4-2-3-5-10(9)14/h2-5,8,11-12,15-16H,6-7H2,1H3/t8?,11-,12+,13?/m0/s1. The summed E-state index contributed by atoms with van der Waals surface area (Å²) in [7, 11) is 0. The Hall–Kier alpha value is -0.930. The Kier molecular flexibility index (Phi) is 2.10. The summed E-state index contributed by atoms with van der Waals surface area (Å²) in [6, 6.07) is 6.50. The van der Waals surface area contributed by atoms with Crippen LogP contribution in [0, 0.1) is 11.7 Å². The lowest BCUT2D eigenvalue weighted by molar-refractivity contribution is 0.118. The van der Waals surface area contributed by atoms with Gasteiger partial charge in [-0.1, -0.05) is 18.2 Å². The van der Waals surface area contributed by atoms with Gasteiger partial charge < -0.3 is 10.4 Å². The highest BCUT2D eigenvalue weighted by Crippen LogP contribution is 2.50. The van der Waals surface area contributed by atoms with Crippen LogP contribution in [-0.2, 0) is 0 Å². The molecule has 2 nitrogen and oxygen atoms in total. The highest BCUT2D eigenvalue weighted by Gasteiger charge is 2.54. The van der Waals surface area contributed by atoms with Crippen molar-refractivity contribution in [3.8, 4) is 0 Å². The molecule has 3 aliphatic rings. The van der Waals surface area contributed by atoms with E-state index in [2.05, 4.69) is 12.2 Å². The molecule has 2 atom stereocenters. The summed E-state index contributed by atoms with van der Waals surface area (Å²) < 4.78 is 13.5. The zero-order valence-electron chi connectivity index (χ0n) is 9.28. The molecular weight excluding hydrogens is 205 g/mol. The van der Waals surface area contributed by atoms with Crippen LogP contribution in [0.3, 0.4) is 0 Å². The van der Waals surface area contributed by atoms with Gasteiger partial charge >= 0.3 is 0 Å². The molecule has 0 unspecified atom stereocenters. The summed E-state index contributed by atoms with van der Waals surface area (Å²) >= 11 is 0. The van der Waals surface area contributed by atoms with Crippen LogP contribution in [0.5, 0.6) is 0 Å². The Bertz CT molecular complexity index is 414. The highest BCUT2D eigenvalue weighted by molar-refractivity contribution is 5.24. The van der Waals surface area contributed by atoms with Gasteiger partial charge in [0.25, 0.3) is 0 Å². The minimum atomic E-state index is -0.726. The van der Waals surface area contributed by atoms with Crippen molar-refractivity contribution < 1.29 is 9.50 Å². The second-order valence-electron chi connectivity index (χ2n) is 5.37. The summed E-state index contributed by atoms with van der Waals surface area (Å²) in [6.45, 7) is 2.16. The van der Waals surface area contributed by atoms with E-state index < -0.39 is 6.10 Å². The van der Waals surface area contributed by atoms with Crippen LogP contribution in [0.4, 0.5) is 4.39 Å². The van der Waals surface area contributed by atoms with Crippen molar-refractivity contribution in [2.45, 2.75) is 37.5 Å². The molecule has 3 heteroatoms. The molecule has 2 aliphatic heterocycles. The first kappa shape index (κ1) is 10.2. The van der Waals surface area contributed by atoms with Crippen molar-refractivity contribution in [1.82, 2.24) is 5.32 Å². The Morgan fingerprint density at radius 1 is 1.44 bits per heavy atom. The zero-order chi connectivity index (χ0) is 11.3. The number of nitrogens with one attached hydrogen (secondary N) is 1. The van der Waals surface area contributed by atoms with E-state index >= 15 is 0 Å². The largest absolute Gasteiger partial charge is 0.387 e. The van der Waals surface area contributed by atoms with Crippen molar-refractivity contribution in [1.29, 1.82) is 0 Å². The Morgan fingerprint density at radius 3 is 2.69 bits per heavy atom. The van der Waals surface area contributed by atoms with Crippen molar-refractivity contribution in [2.24, 2.45) is 5.92 Å². The predicted octanol–water partition coefficient (Wildman–Crippen LogP) is 2.00. The fourth-order valence-electron chi connectivity index (χ4n) is 3.23. The topological polar surface area (TPSA) is 32.3 Å². The van der Waals surface area contributed by atoms with Crippen molar-refractivity contribution in [3.63, 3.8) is 0 Å². The molecule has 2 N–H and O–H groups in total. The van der Waals surface area contributed by atoms with Crippen molar-refractivity contribution in [3.05, 3.63) is 35.6 Å². The van der Waals surface area contributed by atoms with E-state index in [1.165, 1.54) is 6.07 Å². The number of halogens is 1. The number of fused-ring (bicyclic) bond motifs is 1. The molecule has 86 valence electrons. The number of hydrogen-bond acceptors (Lipinski definition) is 2. The minimum absolute atomic E-state index is 0.0156. The summed E-state index contributed by atoms with van der Waals surface area (Å²) in [5, 5.41) is 13.6. The van der Waals surface area contributed by atoms with Gasteiger partial charge in [0.2, 0.25) is 0 Å². The lowest BCUT2D eigenvalue weighted by atomic mass is 9.72. The van der Waals surface area contributed by atoms with Gasteiger partial charge in [-0.25, -0.2) is 4.39 Å². The number of benzene rings is 1. The molecule has 0 amide bonds. The van der Waals surface area contributed by atoms with E-state index in [0.717, 1.165) is 12.8 Å². The van der Waals surface area contributed by atoms with Gasteiger partial charge in [-0.2, -0.15) is 0 Å². The zero-order valence-corrected chi connectivity index (χ0v) is 9.28. The number of rotatable bonds is 2. The van der Waals surface area contributed by atoms with Crippen LogP contribution in [0.1, 0.15) is 31.4 Å². The fourth-order valence-corrected chi connectivity index (χ4v) is 3.23. The summed E-state index contributed by atoms with van der Waals surface area (Å²) in [6.07, 6.45) is 1.47. The van der Waals surface area contributed by atoms with Crippen LogP contribution >= 0.6 is 0 Å². The third-order valence-corrected chi connectivity index (χ3v) is 4.01. The average Bonchev–Trinajstić information content (AvgIpc) is 2.71. The maximum atomic E-state index is 13.5. The molecule has 1 aromatic carbocycles. The van der Waals surface area contributed by atoms with Crippen molar-refractivity contribution in [2.75, 3.05) is 0 Å². The second kappa shape index (κ2) is 3.28. The summed E-state index contributed by atoms with van der Waals surface area (Å²) in [4.78, 5) is 0. The van der Waals surface area contributed by atoms with Crippen LogP contribution in [-0.4, -0.2) is 16.7 Å². The number of aliphatic hydroxyl groups excluding tert-OH is 1. The number of hydrogen-bond donors (Lipinski definition) is 2. The molecule has 2 bridgehead atoms. The van der Waals surface area contributed by atoms with E-state index in [0.29, 0.717) is 11.5 Å². The van der Waals surface area contributed by atoms with Gasteiger partial charge in [0.15, 0.2) is 0 Å². The molecular formula is C13H16FNO. The van der Waals surface area contributed by atoms with Gasteiger partial charge in [-0.05, 0) is 31.7 Å². The smallest absolute Gasteiger partial charge is 0.129 e. The molecule has 0 spiro atoms. The normalized spacial score (nSPS) is 38.2. The van der Waals surface area contributed by atoms with Crippen LogP contribution in [0.2, 0.25) is 0 Å². The second-order valence-corrected chi connectivity index (χ2v) is 5.37. The van der Waals surface area contributed by atoms with E-state index in [4.69, 9.17) is 0 Å². The Labute approximate surface area is 94.5 Å². The molecule has 16 heavy (non-hydrogen) atoms. The van der Waals surface area contributed by atoms with Gasteiger partial charge in [-0.15, -0.1) is 0 Å². The minimum Gasteiger partial charge on any atom is -0.387 e. The third-order valence-electron chi connectivity index (χ3n) is 4.01. The Morgan fingerprint density at radius 2 is 2.12 bits per heavy atom. The fraction of sp³-hybridized carbons (Fsp3) is 0.538. The first-order valence-electron chi connectivity index (χ1n) is 5.79. The monoisotopic (exact) mass is 221 g/mol. The number of aliphatic hydroxyl groups is 1. The van der Waals surface area contributed by atoms with Gasteiger partial charge in [0.1, 0.15) is 5.82 Å². The quantitative estimate of drug-likeness (QED) is 0.800. The van der Waals surface area contributed by atoms with Crippen molar-refractivity contribution >= 4 is 0 Å². The van der Waals surface area contributed by atoms with E-state index in [1.807, 2.05) is 0 Å². The predicted molar refractivity (Wildman–Crippen MR) is 59.4 cm³/mol. The van der Waals surface area contributed by atoms with E-state index in [9.17, 15) is 9.50 Å². The molecule has 2 saturated heterocycles. The summed E-state index contributed by atoms with van der Waals surface area (Å²) in [5.41, 5.74) is 0.595. The van der Waals surface area contributed by atoms with Crippen LogP contribution in [0.25, 0.3) is 0 Å². The lowest BCUT2D eigenvalue weighted by Gasteiger charge is -2.33. The first-order valence-corrected chi connectivity index (χ1v) is 5.79. The first-order chi connectivity index (χ1) is 7.59. The lowest BCUT2D eigenvalue weighted by Crippen LogP contribution is -2.40. The SMILES string of the molecule is CC12CC(C1)[C@@H]([C@H](O)c1ccccc1F)N2. The molecule has 3 fully saturated rings. The molecule has 2 heterocycles. The molecule has 1 saturated carbocycles. The van der Waals surface area contributed by atoms with Crippen LogP contribution in [0.15, 0.2) is 24.3 Å². The average molecular weight is 221 g/mol. The highest BCUT2D eigenvalue weighted by atomic mass is 19.1. The van der Waals surface area contributed by atoms with E-state index in [1.54, 1.807) is 18.2 Å². The maximum absolute atomic E-state index is 13.5. The molecule has 1 aliphatic carbocycles. The van der Waals surface area contributed by atoms with Gasteiger partial charge in [0.05, 0.1) is 6.10 Å². The molecule has 0 aromatic heterocycles. The third kappa shape index (κ3) is 1.39. The molecule has 0 radical (unpaired) electrons. The van der Waals surface area contributed by atoms with E-state index in [-0.39, 0.29) is 17.4 Å². The van der Waals surface area contributed by atoms with Gasteiger partial charge in [0, 0.05) is 17.1 Å². The summed E-state index contributed by atoms with van der Waals surface area (Å²) in [5.74, 6) is 0.186. The Balaban J connectivity index is 1.84. The molecule has 1 aromatic rings. The maximum Gasteiger partial charge on any atom is 0.129 e. The van der Waals surface area contributed by atoms with Crippen LogP contribution < -0.4 is 5.32 Å².